The van der Waals surface area contributed by atoms with Crippen molar-refractivity contribution in [2.45, 2.75) is 0 Å². The van der Waals surface area contributed by atoms with Crippen LogP contribution >= 0.6 is 0 Å². The van der Waals surface area contributed by atoms with Crippen molar-refractivity contribution >= 4 is 33.1 Å². The second kappa shape index (κ2) is 4.42. The van der Waals surface area contributed by atoms with Gasteiger partial charge in [0.1, 0.15) is 0 Å². The zero-order valence-corrected chi connectivity index (χ0v) is 10.9. The number of aromatic amines is 1. The highest BCUT2D eigenvalue weighted by Gasteiger charge is 2.02. The monoisotopic (exact) mass is 258 g/mol. The normalized spacial score (nSPS) is 11.0. The molecule has 0 radical (unpaired) electrons. The highest BCUT2D eigenvalue weighted by atomic mass is 14.9. The standard InChI is InChI=1S/C18H14N2/c1-2-6-16-13(4-1)5-3-7-18(16)20-15-8-9-17-14(12-15)10-11-19-17/h1-12,19-20H. The predicted molar refractivity (Wildman–Crippen MR) is 85.5 cm³/mol. The second-order valence-electron chi connectivity index (χ2n) is 4.93. The number of anilines is 2. The quantitative estimate of drug-likeness (QED) is 0.516. The minimum absolute atomic E-state index is 1.11. The van der Waals surface area contributed by atoms with Crippen LogP contribution in [0.5, 0.6) is 0 Å². The van der Waals surface area contributed by atoms with Gasteiger partial charge in [-0.05, 0) is 35.7 Å². The van der Waals surface area contributed by atoms with Gasteiger partial charge < -0.3 is 10.3 Å². The third kappa shape index (κ3) is 1.82. The minimum atomic E-state index is 1.11. The summed E-state index contributed by atoms with van der Waals surface area (Å²) in [7, 11) is 0. The zero-order chi connectivity index (χ0) is 13.4. The van der Waals surface area contributed by atoms with E-state index >= 15 is 0 Å². The molecule has 4 rings (SSSR count). The maximum Gasteiger partial charge on any atom is 0.0463 e. The maximum atomic E-state index is 3.51. The highest BCUT2D eigenvalue weighted by Crippen LogP contribution is 2.27. The molecule has 20 heavy (non-hydrogen) atoms. The first-order valence-electron chi connectivity index (χ1n) is 6.72. The molecule has 2 N–H and O–H groups in total. The van der Waals surface area contributed by atoms with Crippen LogP contribution in [0.15, 0.2) is 72.9 Å². The summed E-state index contributed by atoms with van der Waals surface area (Å²) in [5.74, 6) is 0. The summed E-state index contributed by atoms with van der Waals surface area (Å²) >= 11 is 0. The molecule has 2 nitrogen and oxygen atoms in total. The van der Waals surface area contributed by atoms with Crippen molar-refractivity contribution in [1.82, 2.24) is 4.98 Å². The number of hydrogen-bond acceptors (Lipinski definition) is 1. The summed E-state index contributed by atoms with van der Waals surface area (Å²) in [6, 6.07) is 23.2. The van der Waals surface area contributed by atoms with Gasteiger partial charge in [0, 0.05) is 33.9 Å². The molecule has 3 aromatic carbocycles. The van der Waals surface area contributed by atoms with E-state index in [4.69, 9.17) is 0 Å². The van der Waals surface area contributed by atoms with Crippen molar-refractivity contribution in [3.8, 4) is 0 Å². The fourth-order valence-electron chi connectivity index (χ4n) is 2.62. The molecule has 0 unspecified atom stereocenters. The van der Waals surface area contributed by atoms with Gasteiger partial charge in [-0.3, -0.25) is 0 Å². The summed E-state index contributed by atoms with van der Waals surface area (Å²) in [5, 5.41) is 7.22. The SMILES string of the molecule is c1ccc2c(Nc3ccc4[nH]ccc4c3)cccc2c1. The first kappa shape index (κ1) is 11.1. The molecule has 4 aromatic rings. The van der Waals surface area contributed by atoms with Crippen molar-refractivity contribution in [3.05, 3.63) is 72.9 Å². The molecule has 1 heterocycles. The van der Waals surface area contributed by atoms with Crippen molar-refractivity contribution < 1.29 is 0 Å². The van der Waals surface area contributed by atoms with Crippen LogP contribution in [-0.4, -0.2) is 4.98 Å². The second-order valence-corrected chi connectivity index (χ2v) is 4.93. The van der Waals surface area contributed by atoms with Crippen LogP contribution in [0.2, 0.25) is 0 Å². The van der Waals surface area contributed by atoms with Crippen molar-refractivity contribution in [1.29, 1.82) is 0 Å². The lowest BCUT2D eigenvalue weighted by molar-refractivity contribution is 1.48. The Bertz CT molecular complexity index is 885. The molecule has 0 bridgehead atoms. The van der Waals surface area contributed by atoms with E-state index in [2.05, 4.69) is 77.0 Å². The topological polar surface area (TPSA) is 27.8 Å². The molecule has 2 heteroatoms. The van der Waals surface area contributed by atoms with E-state index in [1.807, 2.05) is 6.20 Å². The summed E-state index contributed by atoms with van der Waals surface area (Å²) in [4.78, 5) is 3.21. The Kier molecular flexibility index (Phi) is 2.46. The van der Waals surface area contributed by atoms with Crippen molar-refractivity contribution in [2.24, 2.45) is 0 Å². The van der Waals surface area contributed by atoms with Crippen molar-refractivity contribution in [3.63, 3.8) is 0 Å². The molecule has 0 atom stereocenters. The number of fused-ring (bicyclic) bond motifs is 2. The average molecular weight is 258 g/mol. The molecule has 0 saturated carbocycles. The van der Waals surface area contributed by atoms with Crippen molar-refractivity contribution in [2.75, 3.05) is 5.32 Å². The molecule has 0 aliphatic carbocycles. The van der Waals surface area contributed by atoms with Gasteiger partial charge in [0.25, 0.3) is 0 Å². The maximum absolute atomic E-state index is 3.51. The Morgan fingerprint density at radius 2 is 1.65 bits per heavy atom. The van der Waals surface area contributed by atoms with Gasteiger partial charge in [0.05, 0.1) is 0 Å². The summed E-state index contributed by atoms with van der Waals surface area (Å²) < 4.78 is 0. The van der Waals surface area contributed by atoms with Gasteiger partial charge in [0.2, 0.25) is 0 Å². The molecule has 0 aliphatic rings. The first-order valence-corrected chi connectivity index (χ1v) is 6.72. The molecule has 0 saturated heterocycles. The van der Waals surface area contributed by atoms with Gasteiger partial charge in [-0.25, -0.2) is 0 Å². The number of aromatic nitrogens is 1. The summed E-state index contributed by atoms with van der Waals surface area (Å²) in [6.07, 6.45) is 1.96. The Morgan fingerprint density at radius 1 is 0.750 bits per heavy atom. The summed E-state index contributed by atoms with van der Waals surface area (Å²) in [5.41, 5.74) is 3.40. The first-order chi connectivity index (χ1) is 9.90. The van der Waals surface area contributed by atoms with Gasteiger partial charge in [-0.15, -0.1) is 0 Å². The van der Waals surface area contributed by atoms with Crippen LogP contribution in [0.3, 0.4) is 0 Å². The molecule has 0 spiro atoms. The lowest BCUT2D eigenvalue weighted by Gasteiger charge is -2.10. The van der Waals surface area contributed by atoms with E-state index in [9.17, 15) is 0 Å². The largest absolute Gasteiger partial charge is 0.361 e. The van der Waals surface area contributed by atoms with Crippen LogP contribution in [0.4, 0.5) is 11.4 Å². The van der Waals surface area contributed by atoms with Gasteiger partial charge in [-0.2, -0.15) is 0 Å². The van der Waals surface area contributed by atoms with E-state index < -0.39 is 0 Å². The molecule has 96 valence electrons. The Hall–Kier alpha value is -2.74. The smallest absolute Gasteiger partial charge is 0.0463 e. The molecular weight excluding hydrogens is 244 g/mol. The third-order valence-electron chi connectivity index (χ3n) is 3.62. The lowest BCUT2D eigenvalue weighted by atomic mass is 10.1. The van der Waals surface area contributed by atoms with E-state index in [1.54, 1.807) is 0 Å². The number of rotatable bonds is 2. The van der Waals surface area contributed by atoms with Crippen LogP contribution in [0, 0.1) is 0 Å². The predicted octanol–water partition coefficient (Wildman–Crippen LogP) is 5.06. The fourth-order valence-corrected chi connectivity index (χ4v) is 2.62. The van der Waals surface area contributed by atoms with E-state index in [0.29, 0.717) is 0 Å². The average Bonchev–Trinajstić information content (AvgIpc) is 2.95. The molecule has 1 aromatic heterocycles. The Morgan fingerprint density at radius 3 is 2.65 bits per heavy atom. The molecular formula is C18H14N2. The van der Waals surface area contributed by atoms with Crippen LogP contribution in [0.25, 0.3) is 21.7 Å². The minimum Gasteiger partial charge on any atom is -0.361 e. The van der Waals surface area contributed by atoms with Crippen LogP contribution < -0.4 is 5.32 Å². The van der Waals surface area contributed by atoms with E-state index in [0.717, 1.165) is 16.9 Å². The van der Waals surface area contributed by atoms with Gasteiger partial charge in [-0.1, -0.05) is 36.4 Å². The molecule has 0 fully saturated rings. The third-order valence-corrected chi connectivity index (χ3v) is 3.62. The highest BCUT2D eigenvalue weighted by molar-refractivity contribution is 5.96. The molecule has 0 aliphatic heterocycles. The lowest BCUT2D eigenvalue weighted by Crippen LogP contribution is -1.91. The zero-order valence-electron chi connectivity index (χ0n) is 10.9. The van der Waals surface area contributed by atoms with Gasteiger partial charge >= 0.3 is 0 Å². The van der Waals surface area contributed by atoms with Crippen LogP contribution in [-0.2, 0) is 0 Å². The summed E-state index contributed by atoms with van der Waals surface area (Å²) in [6.45, 7) is 0. The Balaban J connectivity index is 1.80. The fraction of sp³-hybridized carbons (Fsp3) is 0. The Labute approximate surface area is 117 Å². The van der Waals surface area contributed by atoms with Gasteiger partial charge in [0.15, 0.2) is 0 Å². The van der Waals surface area contributed by atoms with E-state index in [1.165, 1.54) is 16.2 Å². The number of hydrogen-bond donors (Lipinski definition) is 2. The van der Waals surface area contributed by atoms with Crippen LogP contribution in [0.1, 0.15) is 0 Å². The molecule has 0 amide bonds. The number of H-pyrrole nitrogens is 1. The van der Waals surface area contributed by atoms with E-state index in [-0.39, 0.29) is 0 Å². The number of nitrogens with one attached hydrogen (secondary N) is 2. The number of benzene rings is 3.